The van der Waals surface area contributed by atoms with Crippen molar-refractivity contribution >= 4 is 11.7 Å². The normalized spacial score (nSPS) is 13.2. The van der Waals surface area contributed by atoms with Crippen LogP contribution in [-0.2, 0) is 16.0 Å². The zero-order valence-electron chi connectivity index (χ0n) is 21.0. The molecule has 1 atom stereocenters. The Hall–Kier alpha value is -4.19. The molecular formula is C30H33NO5. The summed E-state index contributed by atoms with van der Waals surface area (Å²) in [7, 11) is 0. The maximum absolute atomic E-state index is 12.0. The molecule has 0 bridgehead atoms. The van der Waals surface area contributed by atoms with E-state index >= 15 is 0 Å². The molecule has 0 aliphatic rings. The molecular weight excluding hydrogens is 454 g/mol. The molecule has 3 N–H and O–H groups in total. The van der Waals surface area contributed by atoms with Gasteiger partial charge in [0.2, 0.25) is 5.60 Å². The van der Waals surface area contributed by atoms with Gasteiger partial charge in [-0.15, -0.1) is 0 Å². The van der Waals surface area contributed by atoms with Crippen LogP contribution in [0.1, 0.15) is 37.0 Å². The van der Waals surface area contributed by atoms with E-state index < -0.39 is 11.6 Å². The van der Waals surface area contributed by atoms with Crippen molar-refractivity contribution in [1.29, 1.82) is 0 Å². The summed E-state index contributed by atoms with van der Waals surface area (Å²) in [5.41, 5.74) is 8.13. The van der Waals surface area contributed by atoms with Crippen molar-refractivity contribution in [3.05, 3.63) is 114 Å². The second-order valence-corrected chi connectivity index (χ2v) is 8.84. The Morgan fingerprint density at radius 2 is 1.58 bits per heavy atom. The average molecular weight is 488 g/mol. The second kappa shape index (κ2) is 12.0. The van der Waals surface area contributed by atoms with Gasteiger partial charge in [0, 0.05) is 18.4 Å². The van der Waals surface area contributed by atoms with E-state index in [0.29, 0.717) is 41.7 Å². The molecule has 3 aromatic carbocycles. The Labute approximate surface area is 212 Å². The molecule has 0 amide bonds. The maximum atomic E-state index is 12.0. The largest absolute Gasteiger partial charge is 0.493 e. The van der Waals surface area contributed by atoms with E-state index in [1.807, 2.05) is 73.7 Å². The van der Waals surface area contributed by atoms with Crippen LogP contribution in [0.2, 0.25) is 0 Å². The van der Waals surface area contributed by atoms with Gasteiger partial charge in [0.15, 0.2) is 0 Å². The first-order valence-corrected chi connectivity index (χ1v) is 11.7. The van der Waals surface area contributed by atoms with Crippen molar-refractivity contribution in [2.45, 2.75) is 39.2 Å². The SMILES string of the molecule is C=C(O/C(C)=C(\N)CCOc1ccc(CC(C)(Oc2ccc(C)cc2)C(=O)O)cc1)c1ccccc1. The standard InChI is InChI=1S/C30H33NO5/c1-21-10-14-27(15-11-21)36-30(4,29(32)33)20-24-12-16-26(17-13-24)34-19-18-28(31)23(3)35-22(2)25-8-6-5-7-9-25/h5-17H,2,18-20,31H2,1,3-4H3,(H,32,33)/b28-23-. The highest BCUT2D eigenvalue weighted by Gasteiger charge is 2.36. The van der Waals surface area contributed by atoms with Gasteiger partial charge in [-0.25, -0.2) is 4.79 Å². The van der Waals surface area contributed by atoms with Crippen LogP contribution in [0.4, 0.5) is 0 Å². The van der Waals surface area contributed by atoms with Gasteiger partial charge in [-0.05, 0) is 50.6 Å². The van der Waals surface area contributed by atoms with Gasteiger partial charge in [-0.3, -0.25) is 0 Å². The summed E-state index contributed by atoms with van der Waals surface area (Å²) in [4.78, 5) is 12.0. The van der Waals surface area contributed by atoms with Crippen molar-refractivity contribution < 1.29 is 24.1 Å². The van der Waals surface area contributed by atoms with E-state index in [9.17, 15) is 9.90 Å². The average Bonchev–Trinajstić information content (AvgIpc) is 2.86. The van der Waals surface area contributed by atoms with Gasteiger partial charge in [0.1, 0.15) is 23.0 Å². The topological polar surface area (TPSA) is 91.0 Å². The number of allylic oxidation sites excluding steroid dienone is 1. The van der Waals surface area contributed by atoms with Gasteiger partial charge in [-0.1, -0.05) is 66.7 Å². The number of rotatable bonds is 12. The molecule has 3 rings (SSSR count). The van der Waals surface area contributed by atoms with E-state index in [1.165, 1.54) is 0 Å². The Morgan fingerprint density at radius 3 is 2.19 bits per heavy atom. The monoisotopic (exact) mass is 487 g/mol. The third-order valence-corrected chi connectivity index (χ3v) is 5.75. The minimum atomic E-state index is -1.40. The van der Waals surface area contributed by atoms with Gasteiger partial charge in [0.25, 0.3) is 0 Å². The van der Waals surface area contributed by atoms with Crippen molar-refractivity contribution in [2.75, 3.05) is 6.61 Å². The Bertz CT molecular complexity index is 1200. The molecule has 6 heteroatoms. The minimum absolute atomic E-state index is 0.202. The zero-order valence-corrected chi connectivity index (χ0v) is 21.0. The van der Waals surface area contributed by atoms with Crippen LogP contribution in [-0.4, -0.2) is 23.3 Å². The molecule has 0 radical (unpaired) electrons. The lowest BCUT2D eigenvalue weighted by Crippen LogP contribution is -2.43. The van der Waals surface area contributed by atoms with Crippen molar-refractivity contribution in [1.82, 2.24) is 0 Å². The maximum Gasteiger partial charge on any atom is 0.348 e. The summed E-state index contributed by atoms with van der Waals surface area (Å²) in [6.07, 6.45) is 0.686. The highest BCUT2D eigenvalue weighted by Crippen LogP contribution is 2.25. The van der Waals surface area contributed by atoms with Gasteiger partial charge in [0.05, 0.1) is 12.3 Å². The number of hydrogen-bond acceptors (Lipinski definition) is 5. The van der Waals surface area contributed by atoms with Crippen LogP contribution in [0, 0.1) is 6.92 Å². The quantitative estimate of drug-likeness (QED) is 0.300. The third kappa shape index (κ3) is 7.40. The highest BCUT2D eigenvalue weighted by atomic mass is 16.5. The van der Waals surface area contributed by atoms with Crippen LogP contribution in [0.25, 0.3) is 5.76 Å². The van der Waals surface area contributed by atoms with E-state index in [4.69, 9.17) is 19.9 Å². The smallest absolute Gasteiger partial charge is 0.348 e. The van der Waals surface area contributed by atoms with E-state index in [0.717, 1.165) is 16.7 Å². The molecule has 6 nitrogen and oxygen atoms in total. The lowest BCUT2D eigenvalue weighted by Gasteiger charge is -2.26. The molecule has 0 saturated carbocycles. The molecule has 36 heavy (non-hydrogen) atoms. The fourth-order valence-electron chi connectivity index (χ4n) is 3.50. The zero-order chi connectivity index (χ0) is 26.1. The molecule has 0 aliphatic carbocycles. The number of aryl methyl sites for hydroxylation is 1. The molecule has 188 valence electrons. The molecule has 0 aliphatic heterocycles. The number of benzene rings is 3. The molecule has 3 aromatic rings. The van der Waals surface area contributed by atoms with Gasteiger partial charge in [-0.2, -0.15) is 0 Å². The van der Waals surface area contributed by atoms with E-state index in [1.54, 1.807) is 26.0 Å². The van der Waals surface area contributed by atoms with Gasteiger partial charge >= 0.3 is 5.97 Å². The third-order valence-electron chi connectivity index (χ3n) is 5.75. The summed E-state index contributed by atoms with van der Waals surface area (Å²) >= 11 is 0. The number of hydrogen-bond donors (Lipinski definition) is 2. The summed E-state index contributed by atoms with van der Waals surface area (Å²) in [6, 6.07) is 24.2. The molecule has 0 aromatic heterocycles. The number of ether oxygens (including phenoxy) is 3. The number of carboxylic acid groups (broad SMARTS) is 1. The fraction of sp³-hybridized carbons (Fsp3) is 0.233. The Kier molecular flexibility index (Phi) is 8.79. The Morgan fingerprint density at radius 1 is 0.972 bits per heavy atom. The number of carboxylic acids is 1. The summed E-state index contributed by atoms with van der Waals surface area (Å²) < 4.78 is 17.4. The first-order valence-electron chi connectivity index (χ1n) is 11.7. The summed E-state index contributed by atoms with van der Waals surface area (Å²) in [5.74, 6) is 1.27. The van der Waals surface area contributed by atoms with Crippen molar-refractivity contribution in [3.63, 3.8) is 0 Å². The predicted octanol–water partition coefficient (Wildman–Crippen LogP) is 6.11. The number of carbonyl (C=O) groups is 1. The lowest BCUT2D eigenvalue weighted by molar-refractivity contribution is -0.153. The Balaban J connectivity index is 1.53. The lowest BCUT2D eigenvalue weighted by atomic mass is 9.96. The second-order valence-electron chi connectivity index (χ2n) is 8.84. The van der Waals surface area contributed by atoms with Crippen LogP contribution in [0.3, 0.4) is 0 Å². The van der Waals surface area contributed by atoms with Crippen molar-refractivity contribution in [2.24, 2.45) is 5.73 Å². The van der Waals surface area contributed by atoms with E-state index in [-0.39, 0.29) is 6.42 Å². The summed E-state index contributed by atoms with van der Waals surface area (Å²) in [6.45, 7) is 9.67. The molecule has 0 spiro atoms. The van der Waals surface area contributed by atoms with Gasteiger partial charge < -0.3 is 25.1 Å². The van der Waals surface area contributed by atoms with E-state index in [2.05, 4.69) is 6.58 Å². The van der Waals surface area contributed by atoms with Crippen LogP contribution < -0.4 is 15.2 Å². The highest BCUT2D eigenvalue weighted by molar-refractivity contribution is 5.78. The first-order chi connectivity index (χ1) is 17.2. The van der Waals surface area contributed by atoms with Crippen molar-refractivity contribution in [3.8, 4) is 11.5 Å². The van der Waals surface area contributed by atoms with Crippen LogP contribution in [0.15, 0.2) is 96.9 Å². The minimum Gasteiger partial charge on any atom is -0.493 e. The molecule has 1 unspecified atom stereocenters. The number of nitrogens with two attached hydrogens (primary N) is 1. The molecule has 0 heterocycles. The van der Waals surface area contributed by atoms with Crippen LogP contribution >= 0.6 is 0 Å². The molecule has 0 saturated heterocycles. The van der Waals surface area contributed by atoms with Crippen LogP contribution in [0.5, 0.6) is 11.5 Å². The first kappa shape index (κ1) is 26.4. The summed E-state index contributed by atoms with van der Waals surface area (Å²) in [5, 5.41) is 9.82. The molecule has 0 fully saturated rings. The fourth-order valence-corrected chi connectivity index (χ4v) is 3.50. The number of aliphatic carboxylic acids is 1. The predicted molar refractivity (Wildman–Crippen MR) is 142 cm³/mol.